The highest BCUT2D eigenvalue weighted by molar-refractivity contribution is 5.75. The zero-order valence-corrected chi connectivity index (χ0v) is 10.8. The number of hydrogen-bond donors (Lipinski definition) is 3. The minimum absolute atomic E-state index is 0.0697. The largest absolute Gasteiger partial charge is 0.396 e. The quantitative estimate of drug-likeness (QED) is 0.742. The molecule has 1 aromatic rings. The van der Waals surface area contributed by atoms with Crippen LogP contribution < -0.4 is 5.32 Å². The van der Waals surface area contributed by atoms with Gasteiger partial charge in [-0.05, 0) is 12.8 Å². The van der Waals surface area contributed by atoms with E-state index < -0.39 is 0 Å². The number of urea groups is 1. The summed E-state index contributed by atoms with van der Waals surface area (Å²) in [4.78, 5) is 13.8. The second-order valence-electron chi connectivity index (χ2n) is 5.03. The summed E-state index contributed by atoms with van der Waals surface area (Å²) in [5.41, 5.74) is 0.953. The van der Waals surface area contributed by atoms with Gasteiger partial charge in [-0.3, -0.25) is 5.10 Å². The Hall–Kier alpha value is -1.56. The third-order valence-electron chi connectivity index (χ3n) is 3.65. The maximum atomic E-state index is 12.1. The lowest BCUT2D eigenvalue weighted by atomic mass is 10.00. The number of rotatable bonds is 3. The van der Waals surface area contributed by atoms with Crippen LogP contribution in [0.3, 0.4) is 0 Å². The zero-order valence-electron chi connectivity index (χ0n) is 10.8. The molecule has 100 valence electrons. The van der Waals surface area contributed by atoms with Crippen LogP contribution in [-0.2, 0) is 0 Å². The molecule has 6 heteroatoms. The Morgan fingerprint density at radius 3 is 3.06 bits per heavy atom. The van der Waals surface area contributed by atoms with Crippen LogP contribution >= 0.6 is 0 Å². The smallest absolute Gasteiger partial charge is 0.317 e. The third-order valence-corrected chi connectivity index (χ3v) is 3.65. The van der Waals surface area contributed by atoms with Crippen LogP contribution in [0.15, 0.2) is 12.4 Å². The highest BCUT2D eigenvalue weighted by Gasteiger charge is 2.32. The molecule has 6 nitrogen and oxygen atoms in total. The van der Waals surface area contributed by atoms with Gasteiger partial charge >= 0.3 is 6.03 Å². The highest BCUT2D eigenvalue weighted by Crippen LogP contribution is 2.22. The van der Waals surface area contributed by atoms with Crippen LogP contribution in [0.2, 0.25) is 0 Å². The summed E-state index contributed by atoms with van der Waals surface area (Å²) in [6, 6.07) is -0.147. The van der Waals surface area contributed by atoms with Gasteiger partial charge in [0, 0.05) is 37.4 Å². The van der Waals surface area contributed by atoms with Crippen LogP contribution in [0.4, 0.5) is 4.79 Å². The maximum Gasteiger partial charge on any atom is 0.317 e. The Labute approximate surface area is 106 Å². The Morgan fingerprint density at radius 2 is 2.50 bits per heavy atom. The fraction of sp³-hybridized carbons (Fsp3) is 0.667. The molecule has 1 aliphatic rings. The molecule has 18 heavy (non-hydrogen) atoms. The number of amides is 2. The number of nitrogens with one attached hydrogen (secondary N) is 2. The summed E-state index contributed by atoms with van der Waals surface area (Å²) in [6.45, 7) is 5.46. The topological polar surface area (TPSA) is 81.2 Å². The maximum absolute atomic E-state index is 12.1. The van der Waals surface area contributed by atoms with E-state index in [1.54, 1.807) is 17.3 Å². The lowest BCUT2D eigenvalue weighted by molar-refractivity contribution is 0.193. The van der Waals surface area contributed by atoms with Gasteiger partial charge in [0.25, 0.3) is 0 Å². The number of aliphatic hydroxyl groups excluding tert-OH is 1. The second kappa shape index (κ2) is 5.39. The van der Waals surface area contributed by atoms with Crippen molar-refractivity contribution in [3.63, 3.8) is 0 Å². The number of nitrogens with zero attached hydrogens (tertiary/aromatic N) is 2. The molecule has 2 heterocycles. The lowest BCUT2D eigenvalue weighted by Gasteiger charge is -2.20. The van der Waals surface area contributed by atoms with E-state index in [2.05, 4.69) is 22.4 Å². The minimum Gasteiger partial charge on any atom is -0.396 e. The molecule has 0 spiro atoms. The van der Waals surface area contributed by atoms with Crippen molar-refractivity contribution in [1.82, 2.24) is 20.4 Å². The minimum atomic E-state index is -0.0773. The van der Waals surface area contributed by atoms with Crippen LogP contribution in [0, 0.1) is 11.8 Å². The molecule has 1 saturated heterocycles. The first-order chi connectivity index (χ1) is 8.61. The summed E-state index contributed by atoms with van der Waals surface area (Å²) < 4.78 is 0. The van der Waals surface area contributed by atoms with Crippen molar-refractivity contribution in [3.8, 4) is 0 Å². The Morgan fingerprint density at radius 1 is 1.72 bits per heavy atom. The molecular formula is C12H20N4O2. The van der Waals surface area contributed by atoms with E-state index in [1.165, 1.54) is 0 Å². The summed E-state index contributed by atoms with van der Waals surface area (Å²) in [6.07, 6.45) is 3.47. The monoisotopic (exact) mass is 252 g/mol. The average Bonchev–Trinajstić information content (AvgIpc) is 2.97. The number of likely N-dealkylation sites (tertiary alicyclic amines) is 1. The SMILES string of the molecule is CC(NC(=O)N1C[C@@H](CO)[C@H](C)C1)c1cn[nH]c1. The first kappa shape index (κ1) is 12.9. The molecular weight excluding hydrogens is 232 g/mol. The third kappa shape index (κ3) is 2.64. The Balaban J connectivity index is 1.89. The van der Waals surface area contributed by atoms with Crippen molar-refractivity contribution >= 4 is 6.03 Å². The molecule has 3 atom stereocenters. The number of aromatic nitrogens is 2. The first-order valence-corrected chi connectivity index (χ1v) is 6.26. The van der Waals surface area contributed by atoms with Gasteiger partial charge in [-0.2, -0.15) is 5.10 Å². The number of aromatic amines is 1. The Bertz CT molecular complexity index is 393. The molecule has 1 aromatic heterocycles. The van der Waals surface area contributed by atoms with E-state index in [0.717, 1.165) is 5.56 Å². The Kier molecular flexibility index (Phi) is 3.86. The lowest BCUT2D eigenvalue weighted by Crippen LogP contribution is -2.39. The van der Waals surface area contributed by atoms with Gasteiger partial charge in [0.1, 0.15) is 0 Å². The summed E-state index contributed by atoms with van der Waals surface area (Å²) in [5, 5.41) is 18.7. The molecule has 0 radical (unpaired) electrons. The van der Waals surface area contributed by atoms with Gasteiger partial charge in [-0.1, -0.05) is 6.92 Å². The predicted molar refractivity (Wildman–Crippen MR) is 66.8 cm³/mol. The number of H-pyrrole nitrogens is 1. The van der Waals surface area contributed by atoms with E-state index in [4.69, 9.17) is 0 Å². The van der Waals surface area contributed by atoms with Crippen LogP contribution in [-0.4, -0.2) is 45.9 Å². The average molecular weight is 252 g/mol. The highest BCUT2D eigenvalue weighted by atomic mass is 16.3. The molecule has 0 aliphatic carbocycles. The predicted octanol–water partition coefficient (Wildman–Crippen LogP) is 0.740. The summed E-state index contributed by atoms with van der Waals surface area (Å²) in [5.74, 6) is 0.546. The number of carbonyl (C=O) groups excluding carboxylic acids is 1. The van der Waals surface area contributed by atoms with Crippen molar-refractivity contribution in [1.29, 1.82) is 0 Å². The molecule has 0 aromatic carbocycles. The van der Waals surface area contributed by atoms with Crippen molar-refractivity contribution in [2.45, 2.75) is 19.9 Å². The van der Waals surface area contributed by atoms with Gasteiger partial charge in [-0.25, -0.2) is 4.79 Å². The summed E-state index contributed by atoms with van der Waals surface area (Å²) >= 11 is 0. The fourth-order valence-electron chi connectivity index (χ4n) is 2.30. The fourth-order valence-corrected chi connectivity index (χ4v) is 2.30. The van der Waals surface area contributed by atoms with Crippen LogP contribution in [0.5, 0.6) is 0 Å². The van der Waals surface area contributed by atoms with Crippen molar-refractivity contribution in [2.24, 2.45) is 11.8 Å². The number of hydrogen-bond acceptors (Lipinski definition) is 3. The molecule has 0 saturated carbocycles. The van der Waals surface area contributed by atoms with Gasteiger partial charge in [0.15, 0.2) is 0 Å². The number of aliphatic hydroxyl groups is 1. The van der Waals surface area contributed by atoms with Gasteiger partial charge in [-0.15, -0.1) is 0 Å². The first-order valence-electron chi connectivity index (χ1n) is 6.26. The van der Waals surface area contributed by atoms with Crippen molar-refractivity contribution in [3.05, 3.63) is 18.0 Å². The van der Waals surface area contributed by atoms with E-state index in [9.17, 15) is 9.90 Å². The zero-order chi connectivity index (χ0) is 13.1. The molecule has 2 rings (SSSR count). The van der Waals surface area contributed by atoms with Gasteiger partial charge in [0.05, 0.1) is 12.2 Å². The van der Waals surface area contributed by atoms with Crippen LogP contribution in [0.1, 0.15) is 25.5 Å². The van der Waals surface area contributed by atoms with Gasteiger partial charge in [0.2, 0.25) is 0 Å². The molecule has 1 unspecified atom stereocenters. The van der Waals surface area contributed by atoms with E-state index in [1.807, 2.05) is 6.92 Å². The van der Waals surface area contributed by atoms with Crippen LogP contribution in [0.25, 0.3) is 0 Å². The molecule has 2 amide bonds. The van der Waals surface area contributed by atoms with E-state index >= 15 is 0 Å². The number of carbonyl (C=O) groups is 1. The van der Waals surface area contributed by atoms with Crippen molar-refractivity contribution < 1.29 is 9.90 Å². The second-order valence-corrected chi connectivity index (χ2v) is 5.03. The van der Waals surface area contributed by atoms with E-state index in [0.29, 0.717) is 19.0 Å². The van der Waals surface area contributed by atoms with Gasteiger partial charge < -0.3 is 15.3 Å². The molecule has 3 N–H and O–H groups in total. The molecule has 1 fully saturated rings. The van der Waals surface area contributed by atoms with E-state index in [-0.39, 0.29) is 24.6 Å². The normalized spacial score (nSPS) is 25.2. The molecule has 0 bridgehead atoms. The molecule has 1 aliphatic heterocycles. The summed E-state index contributed by atoms with van der Waals surface area (Å²) in [7, 11) is 0. The standard InChI is InChI=1S/C12H20N4O2/c1-8-5-16(6-11(8)7-17)12(18)15-9(2)10-3-13-14-4-10/h3-4,8-9,11,17H,5-7H2,1-2H3,(H,13,14)(H,15,18)/t8-,9?,11+/m1/s1. The van der Waals surface area contributed by atoms with Crippen molar-refractivity contribution in [2.75, 3.05) is 19.7 Å².